The Bertz CT molecular complexity index is 407. The second-order valence-electron chi connectivity index (χ2n) is 3.84. The number of nitrogen functional groups attached to an aromatic ring is 1. The fraction of sp³-hybridized carbons (Fsp3) is 0.455. The van der Waals surface area contributed by atoms with Gasteiger partial charge in [-0.25, -0.2) is 4.98 Å². The Morgan fingerprint density at radius 2 is 2.56 bits per heavy atom. The summed E-state index contributed by atoms with van der Waals surface area (Å²) in [5, 5.41) is 12.0. The Balaban J connectivity index is 2.01. The van der Waals surface area contributed by atoms with Crippen molar-refractivity contribution in [2.24, 2.45) is 5.92 Å². The molecule has 3 N–H and O–H groups in total. The third kappa shape index (κ3) is 2.23. The molecular weight excluding hydrogens is 204 g/mol. The van der Waals surface area contributed by atoms with E-state index in [9.17, 15) is 0 Å². The molecule has 1 fully saturated rings. The normalized spacial score (nSPS) is 19.3. The van der Waals surface area contributed by atoms with Crippen LogP contribution in [0.2, 0.25) is 0 Å². The van der Waals surface area contributed by atoms with E-state index in [-0.39, 0.29) is 0 Å². The van der Waals surface area contributed by atoms with Gasteiger partial charge in [-0.1, -0.05) is 0 Å². The minimum atomic E-state index is 0.420. The number of hydrogen-bond acceptors (Lipinski definition) is 5. The summed E-state index contributed by atoms with van der Waals surface area (Å²) in [7, 11) is 0. The second-order valence-corrected chi connectivity index (χ2v) is 3.84. The number of aromatic nitrogens is 1. The lowest BCUT2D eigenvalue weighted by molar-refractivity contribution is 0.187. The molecule has 1 unspecified atom stereocenters. The summed E-state index contributed by atoms with van der Waals surface area (Å²) in [6, 6.07) is 3.64. The van der Waals surface area contributed by atoms with Crippen LogP contribution in [0.3, 0.4) is 0 Å². The number of ether oxygens (including phenoxy) is 1. The molecule has 1 saturated heterocycles. The van der Waals surface area contributed by atoms with E-state index < -0.39 is 0 Å². The molecule has 0 bridgehead atoms. The van der Waals surface area contributed by atoms with Crippen LogP contribution in [0.1, 0.15) is 12.0 Å². The lowest BCUT2D eigenvalue weighted by atomic mass is 10.1. The van der Waals surface area contributed by atoms with E-state index in [1.807, 2.05) is 6.07 Å². The maximum Gasteiger partial charge on any atom is 0.150 e. The lowest BCUT2D eigenvalue weighted by Crippen LogP contribution is -2.16. The molecule has 0 radical (unpaired) electrons. The quantitative estimate of drug-likeness (QED) is 0.790. The minimum absolute atomic E-state index is 0.420. The number of nitrogens with two attached hydrogens (primary N) is 1. The first-order chi connectivity index (χ1) is 7.81. The molecule has 1 aliphatic heterocycles. The molecule has 5 nitrogen and oxygen atoms in total. The molecule has 0 spiro atoms. The van der Waals surface area contributed by atoms with Crippen molar-refractivity contribution in [1.29, 1.82) is 5.26 Å². The lowest BCUT2D eigenvalue weighted by Gasteiger charge is -2.11. The van der Waals surface area contributed by atoms with Gasteiger partial charge in [0.2, 0.25) is 0 Å². The highest BCUT2D eigenvalue weighted by Crippen LogP contribution is 2.20. The van der Waals surface area contributed by atoms with Crippen LogP contribution < -0.4 is 11.1 Å². The van der Waals surface area contributed by atoms with E-state index in [2.05, 4.69) is 10.3 Å². The summed E-state index contributed by atoms with van der Waals surface area (Å²) in [4.78, 5) is 4.12. The first-order valence-electron chi connectivity index (χ1n) is 5.27. The molecule has 1 aromatic rings. The van der Waals surface area contributed by atoms with Gasteiger partial charge in [0, 0.05) is 25.3 Å². The van der Waals surface area contributed by atoms with Gasteiger partial charge < -0.3 is 15.8 Å². The van der Waals surface area contributed by atoms with Gasteiger partial charge in [-0.2, -0.15) is 5.26 Å². The number of hydrogen-bond donors (Lipinski definition) is 2. The average Bonchev–Trinajstić information content (AvgIpc) is 2.81. The van der Waals surface area contributed by atoms with Crippen LogP contribution in [0.15, 0.2) is 12.3 Å². The summed E-state index contributed by atoms with van der Waals surface area (Å²) >= 11 is 0. The highest BCUT2D eigenvalue weighted by Gasteiger charge is 2.16. The molecule has 0 amide bonds. The highest BCUT2D eigenvalue weighted by atomic mass is 16.5. The fourth-order valence-electron chi connectivity index (χ4n) is 1.70. The number of pyridine rings is 1. The van der Waals surface area contributed by atoms with Crippen LogP contribution >= 0.6 is 0 Å². The summed E-state index contributed by atoms with van der Waals surface area (Å²) in [6.45, 7) is 2.39. The van der Waals surface area contributed by atoms with Gasteiger partial charge in [0.1, 0.15) is 6.07 Å². The van der Waals surface area contributed by atoms with Crippen molar-refractivity contribution in [1.82, 2.24) is 4.98 Å². The smallest absolute Gasteiger partial charge is 0.150 e. The molecule has 0 aromatic carbocycles. The van der Waals surface area contributed by atoms with Crippen LogP contribution in [-0.4, -0.2) is 24.7 Å². The van der Waals surface area contributed by atoms with E-state index in [0.29, 0.717) is 23.0 Å². The molecule has 1 aliphatic rings. The van der Waals surface area contributed by atoms with Gasteiger partial charge >= 0.3 is 0 Å². The zero-order valence-electron chi connectivity index (χ0n) is 8.94. The molecule has 2 heterocycles. The molecule has 1 atom stereocenters. The first kappa shape index (κ1) is 10.7. The number of nitrogens with one attached hydrogen (secondary N) is 1. The molecule has 5 heteroatoms. The van der Waals surface area contributed by atoms with Crippen molar-refractivity contribution in [3.8, 4) is 6.07 Å². The Hall–Kier alpha value is -1.80. The topological polar surface area (TPSA) is 84.0 Å². The second kappa shape index (κ2) is 4.81. The van der Waals surface area contributed by atoms with Crippen LogP contribution in [-0.2, 0) is 4.74 Å². The third-order valence-corrected chi connectivity index (χ3v) is 2.69. The number of anilines is 2. The van der Waals surface area contributed by atoms with E-state index >= 15 is 0 Å². The average molecular weight is 218 g/mol. The Morgan fingerprint density at radius 3 is 3.25 bits per heavy atom. The van der Waals surface area contributed by atoms with E-state index in [4.69, 9.17) is 15.7 Å². The zero-order chi connectivity index (χ0) is 11.4. The van der Waals surface area contributed by atoms with Gasteiger partial charge in [-0.3, -0.25) is 0 Å². The molecule has 0 aliphatic carbocycles. The molecule has 2 rings (SSSR count). The van der Waals surface area contributed by atoms with Crippen LogP contribution in [0.5, 0.6) is 0 Å². The third-order valence-electron chi connectivity index (χ3n) is 2.69. The van der Waals surface area contributed by atoms with Crippen molar-refractivity contribution in [3.05, 3.63) is 17.8 Å². The molecule has 1 aromatic heterocycles. The molecule has 16 heavy (non-hydrogen) atoms. The molecular formula is C11H14N4O. The fourth-order valence-corrected chi connectivity index (χ4v) is 1.70. The predicted molar refractivity (Wildman–Crippen MR) is 60.8 cm³/mol. The first-order valence-corrected chi connectivity index (χ1v) is 5.27. The van der Waals surface area contributed by atoms with Gasteiger partial charge in [0.15, 0.2) is 5.82 Å². The Morgan fingerprint density at radius 1 is 1.69 bits per heavy atom. The number of nitriles is 1. The number of rotatable bonds is 3. The summed E-state index contributed by atoms with van der Waals surface area (Å²) in [5.41, 5.74) is 6.68. The SMILES string of the molecule is N#Cc1ccnc(NCC2CCOC2)c1N. The highest BCUT2D eigenvalue weighted by molar-refractivity contribution is 5.68. The molecule has 84 valence electrons. The summed E-state index contributed by atoms with van der Waals surface area (Å²) in [5.74, 6) is 1.10. The van der Waals surface area contributed by atoms with Gasteiger partial charge in [-0.15, -0.1) is 0 Å². The molecule has 0 saturated carbocycles. The standard InChI is InChI=1S/C11H14N4O/c12-5-9-1-3-14-11(10(9)13)15-6-8-2-4-16-7-8/h1,3,8H,2,4,6-7,13H2,(H,14,15). The van der Waals surface area contributed by atoms with E-state index in [0.717, 1.165) is 26.2 Å². The summed E-state index contributed by atoms with van der Waals surface area (Å²) in [6.07, 6.45) is 2.65. The Labute approximate surface area is 94.2 Å². The van der Waals surface area contributed by atoms with Gasteiger partial charge in [-0.05, 0) is 12.5 Å². The predicted octanol–water partition coefficient (Wildman–Crippen LogP) is 0.984. The van der Waals surface area contributed by atoms with Gasteiger partial charge in [0.05, 0.1) is 17.9 Å². The largest absolute Gasteiger partial charge is 0.395 e. The van der Waals surface area contributed by atoms with Crippen LogP contribution in [0, 0.1) is 17.2 Å². The van der Waals surface area contributed by atoms with Crippen molar-refractivity contribution in [2.75, 3.05) is 30.8 Å². The minimum Gasteiger partial charge on any atom is -0.395 e. The van der Waals surface area contributed by atoms with E-state index in [1.54, 1.807) is 12.3 Å². The Kier molecular flexibility index (Phi) is 3.22. The maximum absolute atomic E-state index is 8.82. The summed E-state index contributed by atoms with van der Waals surface area (Å²) < 4.78 is 5.28. The van der Waals surface area contributed by atoms with Crippen molar-refractivity contribution < 1.29 is 4.74 Å². The van der Waals surface area contributed by atoms with Crippen LogP contribution in [0.25, 0.3) is 0 Å². The van der Waals surface area contributed by atoms with Crippen molar-refractivity contribution in [3.63, 3.8) is 0 Å². The maximum atomic E-state index is 8.82. The van der Waals surface area contributed by atoms with E-state index in [1.165, 1.54) is 0 Å². The zero-order valence-corrected chi connectivity index (χ0v) is 8.94. The number of nitrogens with zero attached hydrogens (tertiary/aromatic N) is 2. The monoisotopic (exact) mass is 218 g/mol. The van der Waals surface area contributed by atoms with Crippen molar-refractivity contribution >= 4 is 11.5 Å². The van der Waals surface area contributed by atoms with Crippen LogP contribution in [0.4, 0.5) is 11.5 Å². The van der Waals surface area contributed by atoms with Gasteiger partial charge in [0.25, 0.3) is 0 Å². The van der Waals surface area contributed by atoms with Crippen molar-refractivity contribution in [2.45, 2.75) is 6.42 Å².